The van der Waals surface area contributed by atoms with Crippen LogP contribution >= 0.6 is 11.8 Å². The Hall–Kier alpha value is -0.200. The molecular formula is C14H24N2S. The minimum absolute atomic E-state index is 0.269. The van der Waals surface area contributed by atoms with Crippen LogP contribution in [0.3, 0.4) is 0 Å². The smallest absolute Gasteiger partial charge is 0.0672 e. The van der Waals surface area contributed by atoms with Gasteiger partial charge in [0.15, 0.2) is 0 Å². The van der Waals surface area contributed by atoms with Crippen LogP contribution in [-0.2, 0) is 0 Å². The van der Waals surface area contributed by atoms with Crippen LogP contribution < -0.4 is 0 Å². The van der Waals surface area contributed by atoms with E-state index in [1.807, 2.05) is 0 Å². The van der Waals surface area contributed by atoms with Crippen molar-refractivity contribution in [1.82, 2.24) is 4.90 Å². The third-order valence-electron chi connectivity index (χ3n) is 4.17. The first-order valence-electron chi connectivity index (χ1n) is 6.79. The van der Waals surface area contributed by atoms with E-state index in [1.54, 1.807) is 0 Å². The average molecular weight is 252 g/mol. The van der Waals surface area contributed by atoms with Gasteiger partial charge >= 0.3 is 0 Å². The molecule has 0 amide bonds. The summed E-state index contributed by atoms with van der Waals surface area (Å²) in [6.45, 7) is 9.32. The van der Waals surface area contributed by atoms with Crippen LogP contribution in [0.15, 0.2) is 0 Å². The van der Waals surface area contributed by atoms with Gasteiger partial charge in [-0.1, -0.05) is 6.92 Å². The molecule has 2 rings (SSSR count). The van der Waals surface area contributed by atoms with Gasteiger partial charge in [-0.15, -0.1) is 0 Å². The SMILES string of the molecule is CC1CCC(C#N)C(N2CCSC(C)(C)C2)C1. The van der Waals surface area contributed by atoms with Gasteiger partial charge in [0.1, 0.15) is 0 Å². The highest BCUT2D eigenvalue weighted by Crippen LogP contribution is 2.37. The molecule has 1 aliphatic heterocycles. The van der Waals surface area contributed by atoms with Crippen LogP contribution in [0.5, 0.6) is 0 Å². The van der Waals surface area contributed by atoms with Gasteiger partial charge in [-0.3, -0.25) is 4.90 Å². The Morgan fingerprint density at radius 2 is 2.12 bits per heavy atom. The summed E-state index contributed by atoms with van der Waals surface area (Å²) >= 11 is 2.07. The third kappa shape index (κ3) is 3.17. The molecule has 2 nitrogen and oxygen atoms in total. The molecule has 17 heavy (non-hydrogen) atoms. The predicted molar refractivity (Wildman–Crippen MR) is 74.0 cm³/mol. The number of nitriles is 1. The normalized spacial score (nSPS) is 38.6. The molecular weight excluding hydrogens is 228 g/mol. The van der Waals surface area contributed by atoms with Crippen molar-refractivity contribution >= 4 is 11.8 Å². The van der Waals surface area contributed by atoms with Crippen LogP contribution in [0.2, 0.25) is 0 Å². The van der Waals surface area contributed by atoms with Crippen molar-refractivity contribution in [1.29, 1.82) is 5.26 Å². The zero-order valence-electron chi connectivity index (χ0n) is 11.3. The Kier molecular flexibility index (Phi) is 4.05. The highest BCUT2D eigenvalue weighted by atomic mass is 32.2. The lowest BCUT2D eigenvalue weighted by atomic mass is 9.78. The summed E-state index contributed by atoms with van der Waals surface area (Å²) in [5.41, 5.74) is 0. The Morgan fingerprint density at radius 1 is 1.35 bits per heavy atom. The van der Waals surface area contributed by atoms with Crippen molar-refractivity contribution in [2.24, 2.45) is 11.8 Å². The van der Waals surface area contributed by atoms with Gasteiger partial charge in [0.05, 0.1) is 12.0 Å². The van der Waals surface area contributed by atoms with Gasteiger partial charge < -0.3 is 0 Å². The van der Waals surface area contributed by atoms with Gasteiger partial charge in [-0.2, -0.15) is 17.0 Å². The van der Waals surface area contributed by atoms with Gasteiger partial charge in [0.2, 0.25) is 0 Å². The number of hydrogen-bond donors (Lipinski definition) is 0. The molecule has 1 heterocycles. The van der Waals surface area contributed by atoms with Gasteiger partial charge in [0, 0.05) is 29.6 Å². The Balaban J connectivity index is 2.06. The van der Waals surface area contributed by atoms with E-state index in [1.165, 1.54) is 25.1 Å². The maximum atomic E-state index is 9.33. The number of thioether (sulfide) groups is 1. The van der Waals surface area contributed by atoms with Crippen molar-refractivity contribution in [3.05, 3.63) is 0 Å². The molecule has 3 unspecified atom stereocenters. The lowest BCUT2D eigenvalue weighted by Gasteiger charge is -2.45. The first-order valence-corrected chi connectivity index (χ1v) is 7.78. The summed E-state index contributed by atoms with van der Waals surface area (Å²) in [6, 6.07) is 3.07. The molecule has 0 aromatic heterocycles. The van der Waals surface area contributed by atoms with E-state index in [9.17, 15) is 5.26 Å². The quantitative estimate of drug-likeness (QED) is 0.717. The third-order valence-corrected chi connectivity index (χ3v) is 5.47. The second-order valence-electron chi connectivity index (χ2n) is 6.30. The highest BCUT2D eigenvalue weighted by Gasteiger charge is 2.37. The summed E-state index contributed by atoms with van der Waals surface area (Å²) in [5.74, 6) is 2.28. The Morgan fingerprint density at radius 3 is 2.76 bits per heavy atom. The molecule has 3 heteroatoms. The van der Waals surface area contributed by atoms with Gasteiger partial charge in [-0.25, -0.2) is 0 Å². The van der Waals surface area contributed by atoms with Crippen molar-refractivity contribution < 1.29 is 0 Å². The molecule has 0 bridgehead atoms. The minimum atomic E-state index is 0.269. The van der Waals surface area contributed by atoms with Crippen LogP contribution in [-0.4, -0.2) is 34.5 Å². The lowest BCUT2D eigenvalue weighted by molar-refractivity contribution is 0.101. The first-order chi connectivity index (χ1) is 8.02. The average Bonchev–Trinajstić information content (AvgIpc) is 2.27. The van der Waals surface area contributed by atoms with Crippen molar-refractivity contribution in [2.45, 2.75) is 50.8 Å². The van der Waals surface area contributed by atoms with Crippen molar-refractivity contribution in [3.8, 4) is 6.07 Å². The second-order valence-corrected chi connectivity index (χ2v) is 8.10. The summed E-state index contributed by atoms with van der Waals surface area (Å²) in [4.78, 5) is 2.60. The number of hydrogen-bond acceptors (Lipinski definition) is 3. The largest absolute Gasteiger partial charge is 0.297 e. The first kappa shape index (κ1) is 13.2. The highest BCUT2D eigenvalue weighted by molar-refractivity contribution is 8.00. The molecule has 0 aromatic carbocycles. The lowest BCUT2D eigenvalue weighted by Crippen LogP contribution is -2.52. The standard InChI is InChI=1S/C14H24N2S/c1-11-4-5-12(9-15)13(8-11)16-6-7-17-14(2,3)10-16/h11-13H,4-8,10H2,1-3H3. The topological polar surface area (TPSA) is 27.0 Å². The predicted octanol–water partition coefficient (Wildman–Crippen LogP) is 3.14. The Bertz CT molecular complexity index is 308. The molecule has 3 atom stereocenters. The zero-order valence-corrected chi connectivity index (χ0v) is 12.1. The second kappa shape index (κ2) is 5.20. The van der Waals surface area contributed by atoms with Crippen LogP contribution in [0.1, 0.15) is 40.0 Å². The Labute approximate surface area is 110 Å². The van der Waals surface area contributed by atoms with Gasteiger partial charge in [-0.05, 0) is 39.0 Å². The molecule has 96 valence electrons. The molecule has 1 saturated carbocycles. The number of nitrogens with zero attached hydrogens (tertiary/aromatic N) is 2. The summed E-state index contributed by atoms with van der Waals surface area (Å²) in [6.07, 6.45) is 3.56. The maximum absolute atomic E-state index is 9.33. The summed E-state index contributed by atoms with van der Waals surface area (Å²) in [5, 5.41) is 9.33. The minimum Gasteiger partial charge on any atom is -0.297 e. The monoisotopic (exact) mass is 252 g/mol. The van der Waals surface area contributed by atoms with E-state index >= 15 is 0 Å². The molecule has 2 aliphatic rings. The van der Waals surface area contributed by atoms with Crippen LogP contribution in [0.25, 0.3) is 0 Å². The van der Waals surface area contributed by atoms with E-state index in [0.29, 0.717) is 10.8 Å². The van der Waals surface area contributed by atoms with E-state index in [4.69, 9.17) is 0 Å². The van der Waals surface area contributed by atoms with E-state index in [-0.39, 0.29) is 5.92 Å². The fraction of sp³-hybridized carbons (Fsp3) is 0.929. The van der Waals surface area contributed by atoms with Crippen LogP contribution in [0.4, 0.5) is 0 Å². The van der Waals surface area contributed by atoms with E-state index in [2.05, 4.69) is 43.5 Å². The van der Waals surface area contributed by atoms with Crippen molar-refractivity contribution in [2.75, 3.05) is 18.8 Å². The summed E-state index contributed by atoms with van der Waals surface area (Å²) in [7, 11) is 0. The fourth-order valence-corrected chi connectivity index (χ4v) is 4.38. The molecule has 0 spiro atoms. The zero-order chi connectivity index (χ0) is 12.5. The van der Waals surface area contributed by atoms with Gasteiger partial charge in [0.25, 0.3) is 0 Å². The van der Waals surface area contributed by atoms with E-state index in [0.717, 1.165) is 18.9 Å². The molecule has 0 aromatic rings. The van der Waals surface area contributed by atoms with Crippen LogP contribution in [0, 0.1) is 23.2 Å². The molecule has 0 N–H and O–H groups in total. The maximum Gasteiger partial charge on any atom is 0.0672 e. The molecule has 1 aliphatic carbocycles. The van der Waals surface area contributed by atoms with E-state index < -0.39 is 0 Å². The molecule has 1 saturated heterocycles. The fourth-order valence-electron chi connectivity index (χ4n) is 3.24. The molecule has 0 radical (unpaired) electrons. The molecule has 2 fully saturated rings. The van der Waals surface area contributed by atoms with Crippen molar-refractivity contribution in [3.63, 3.8) is 0 Å². The number of rotatable bonds is 1. The summed E-state index contributed by atoms with van der Waals surface area (Å²) < 4.78 is 0.360.